The van der Waals surface area contributed by atoms with Crippen LogP contribution >= 0.6 is 0 Å². The molecule has 0 fully saturated rings. The minimum absolute atomic E-state index is 0.0119. The normalized spacial score (nSPS) is 9.90. The van der Waals surface area contributed by atoms with E-state index in [1.54, 1.807) is 0 Å². The van der Waals surface area contributed by atoms with Crippen molar-refractivity contribution in [1.29, 1.82) is 0 Å². The monoisotopic (exact) mass is 298 g/mol. The number of hydrogen-bond acceptors (Lipinski definition) is 5. The summed E-state index contributed by atoms with van der Waals surface area (Å²) in [7, 11) is 0. The summed E-state index contributed by atoms with van der Waals surface area (Å²) >= 11 is 0. The van der Waals surface area contributed by atoms with E-state index in [9.17, 15) is 24.0 Å². The highest BCUT2D eigenvalue weighted by Gasteiger charge is 2.17. The van der Waals surface area contributed by atoms with Crippen molar-refractivity contribution in [2.75, 3.05) is 19.6 Å². The van der Waals surface area contributed by atoms with Crippen LogP contribution in [0.25, 0.3) is 0 Å². The van der Waals surface area contributed by atoms with Crippen LogP contribution in [0.15, 0.2) is 21.9 Å². The number of aromatic nitrogens is 2. The first-order valence-electron chi connectivity index (χ1n) is 5.90. The van der Waals surface area contributed by atoms with Gasteiger partial charge >= 0.3 is 11.7 Å². The Labute approximate surface area is 118 Å². The zero-order chi connectivity index (χ0) is 15.8. The predicted molar refractivity (Wildman–Crippen MR) is 69.6 cm³/mol. The van der Waals surface area contributed by atoms with E-state index in [-0.39, 0.29) is 13.1 Å². The Balaban J connectivity index is 2.79. The number of hydrogen-bond donors (Lipinski definition) is 3. The molecule has 0 unspecified atom stereocenters. The predicted octanol–water partition coefficient (Wildman–Crippen LogP) is -2.80. The van der Waals surface area contributed by atoms with Crippen LogP contribution in [0.3, 0.4) is 0 Å². The summed E-state index contributed by atoms with van der Waals surface area (Å²) in [6.07, 6.45) is 1.57. The van der Waals surface area contributed by atoms with E-state index in [0.717, 1.165) is 21.7 Å². The summed E-state index contributed by atoms with van der Waals surface area (Å²) in [6, 6.07) is 1.07. The molecular formula is C11H14N4O6. The van der Waals surface area contributed by atoms with E-state index in [1.165, 1.54) is 0 Å². The van der Waals surface area contributed by atoms with Gasteiger partial charge in [-0.2, -0.15) is 0 Å². The summed E-state index contributed by atoms with van der Waals surface area (Å²) < 4.78 is 0.950. The second-order valence-corrected chi connectivity index (χ2v) is 4.02. The highest BCUT2D eigenvalue weighted by atomic mass is 16.4. The Morgan fingerprint density at radius 2 is 2.14 bits per heavy atom. The number of rotatable bonds is 8. The maximum absolute atomic E-state index is 12.0. The number of amides is 2. The Bertz CT molecular complexity index is 634. The zero-order valence-corrected chi connectivity index (χ0v) is 10.9. The molecular weight excluding hydrogens is 284 g/mol. The average Bonchev–Trinajstić information content (AvgIpc) is 2.40. The van der Waals surface area contributed by atoms with Crippen molar-refractivity contribution in [3.8, 4) is 0 Å². The van der Waals surface area contributed by atoms with Crippen molar-refractivity contribution >= 4 is 18.3 Å². The molecule has 1 rings (SSSR count). The molecule has 0 atom stereocenters. The molecule has 0 bridgehead atoms. The quantitative estimate of drug-likeness (QED) is 0.349. The van der Waals surface area contributed by atoms with Gasteiger partial charge in [-0.15, -0.1) is 0 Å². The third-order valence-electron chi connectivity index (χ3n) is 2.49. The van der Waals surface area contributed by atoms with E-state index in [0.29, 0.717) is 6.41 Å². The van der Waals surface area contributed by atoms with Crippen LogP contribution in [0.1, 0.15) is 0 Å². The fourth-order valence-electron chi connectivity index (χ4n) is 1.53. The minimum atomic E-state index is -1.22. The highest BCUT2D eigenvalue weighted by molar-refractivity contribution is 5.81. The van der Waals surface area contributed by atoms with E-state index in [1.807, 2.05) is 4.98 Å². The molecule has 1 aromatic rings. The lowest BCUT2D eigenvalue weighted by atomic mass is 10.4. The van der Waals surface area contributed by atoms with Crippen LogP contribution in [-0.2, 0) is 20.9 Å². The minimum Gasteiger partial charge on any atom is -0.480 e. The zero-order valence-electron chi connectivity index (χ0n) is 10.9. The van der Waals surface area contributed by atoms with Gasteiger partial charge in [0.2, 0.25) is 12.3 Å². The van der Waals surface area contributed by atoms with Gasteiger partial charge in [-0.1, -0.05) is 0 Å². The van der Waals surface area contributed by atoms with Gasteiger partial charge in [0.05, 0.1) is 0 Å². The standard InChI is InChI=1S/C11H14N4O6/c16-7-12-2-4-14(6-10(19)20)9(18)5-15-3-1-8(17)13-11(15)21/h1,3,7H,2,4-6H2,(H,12,16)(H,19,20)(H,13,17,21). The Morgan fingerprint density at radius 3 is 2.71 bits per heavy atom. The van der Waals surface area contributed by atoms with Crippen LogP contribution in [0.5, 0.6) is 0 Å². The van der Waals surface area contributed by atoms with E-state index in [2.05, 4.69) is 5.32 Å². The molecule has 0 spiro atoms. The molecule has 3 N–H and O–H groups in total. The number of nitrogens with one attached hydrogen (secondary N) is 2. The van der Waals surface area contributed by atoms with Crippen molar-refractivity contribution in [2.24, 2.45) is 0 Å². The Hall–Kier alpha value is -2.91. The number of carboxylic acids is 1. The van der Waals surface area contributed by atoms with Gasteiger partial charge < -0.3 is 15.3 Å². The molecule has 1 heterocycles. The number of carboxylic acid groups (broad SMARTS) is 1. The smallest absolute Gasteiger partial charge is 0.328 e. The van der Waals surface area contributed by atoms with Gasteiger partial charge in [0.15, 0.2) is 0 Å². The summed E-state index contributed by atoms with van der Waals surface area (Å²) in [4.78, 5) is 58.1. The second kappa shape index (κ2) is 7.62. The van der Waals surface area contributed by atoms with Crippen molar-refractivity contribution in [1.82, 2.24) is 19.8 Å². The maximum Gasteiger partial charge on any atom is 0.328 e. The van der Waals surface area contributed by atoms with E-state index >= 15 is 0 Å². The first-order chi connectivity index (χ1) is 9.93. The molecule has 10 heteroatoms. The molecule has 0 saturated heterocycles. The average molecular weight is 298 g/mol. The molecule has 0 radical (unpaired) electrons. The second-order valence-electron chi connectivity index (χ2n) is 4.02. The third kappa shape index (κ3) is 5.30. The van der Waals surface area contributed by atoms with Crippen LogP contribution in [0, 0.1) is 0 Å². The molecule has 0 aliphatic rings. The Morgan fingerprint density at radius 1 is 1.43 bits per heavy atom. The Kier molecular flexibility index (Phi) is 5.86. The number of aromatic amines is 1. The third-order valence-corrected chi connectivity index (χ3v) is 2.49. The van der Waals surface area contributed by atoms with Gasteiger partial charge in [0.1, 0.15) is 13.1 Å². The summed E-state index contributed by atoms with van der Waals surface area (Å²) in [5.41, 5.74) is -1.36. The van der Waals surface area contributed by atoms with Crippen molar-refractivity contribution in [2.45, 2.75) is 6.54 Å². The maximum atomic E-state index is 12.0. The molecule has 0 saturated carbocycles. The molecule has 21 heavy (non-hydrogen) atoms. The fourth-order valence-corrected chi connectivity index (χ4v) is 1.53. The molecule has 0 aromatic carbocycles. The molecule has 10 nitrogen and oxygen atoms in total. The summed E-state index contributed by atoms with van der Waals surface area (Å²) in [5, 5.41) is 11.1. The van der Waals surface area contributed by atoms with Gasteiger partial charge in [0, 0.05) is 25.4 Å². The fraction of sp³-hybridized carbons (Fsp3) is 0.364. The lowest BCUT2D eigenvalue weighted by molar-refractivity contribution is -0.144. The number of H-pyrrole nitrogens is 1. The molecule has 0 aliphatic carbocycles. The van der Waals surface area contributed by atoms with Gasteiger partial charge in [0.25, 0.3) is 5.56 Å². The van der Waals surface area contributed by atoms with Crippen molar-refractivity contribution in [3.63, 3.8) is 0 Å². The van der Waals surface area contributed by atoms with Crippen LogP contribution in [-0.4, -0.2) is 57.5 Å². The van der Waals surface area contributed by atoms with Crippen LogP contribution < -0.4 is 16.6 Å². The first-order valence-corrected chi connectivity index (χ1v) is 5.90. The first kappa shape index (κ1) is 16.1. The number of carbonyl (C=O) groups excluding carboxylic acids is 2. The lowest BCUT2D eigenvalue weighted by Gasteiger charge is -2.20. The molecule has 2 amide bonds. The van der Waals surface area contributed by atoms with Crippen molar-refractivity contribution in [3.05, 3.63) is 33.1 Å². The van der Waals surface area contributed by atoms with Crippen LogP contribution in [0.4, 0.5) is 0 Å². The van der Waals surface area contributed by atoms with Crippen LogP contribution in [0.2, 0.25) is 0 Å². The molecule has 1 aromatic heterocycles. The van der Waals surface area contributed by atoms with E-state index < -0.39 is 36.2 Å². The van der Waals surface area contributed by atoms with Gasteiger partial charge in [-0.05, 0) is 0 Å². The molecule has 114 valence electrons. The molecule has 0 aliphatic heterocycles. The summed E-state index contributed by atoms with van der Waals surface area (Å²) in [6.45, 7) is -0.896. The largest absolute Gasteiger partial charge is 0.480 e. The van der Waals surface area contributed by atoms with Gasteiger partial charge in [-0.25, -0.2) is 4.79 Å². The highest BCUT2D eigenvalue weighted by Crippen LogP contribution is 1.92. The lowest BCUT2D eigenvalue weighted by Crippen LogP contribution is -2.43. The SMILES string of the molecule is O=CNCCN(CC(=O)O)C(=O)Cn1ccc(=O)[nH]c1=O. The number of aliphatic carboxylic acids is 1. The van der Waals surface area contributed by atoms with Gasteiger partial charge in [-0.3, -0.25) is 28.7 Å². The van der Waals surface area contributed by atoms with E-state index in [4.69, 9.17) is 5.11 Å². The van der Waals surface area contributed by atoms with Crippen molar-refractivity contribution < 1.29 is 19.5 Å². The summed E-state index contributed by atoms with van der Waals surface area (Å²) in [5.74, 6) is -1.84. The number of carbonyl (C=O) groups is 3. The number of nitrogens with zero attached hydrogens (tertiary/aromatic N) is 2. The topological polar surface area (TPSA) is 142 Å².